The van der Waals surface area contributed by atoms with Gasteiger partial charge in [0.2, 0.25) is 0 Å². The van der Waals surface area contributed by atoms with E-state index in [0.29, 0.717) is 5.69 Å². The molecule has 0 saturated heterocycles. The van der Waals surface area contributed by atoms with E-state index in [2.05, 4.69) is 15.3 Å². The minimum Gasteiger partial charge on any atom is -0.340 e. The zero-order chi connectivity index (χ0) is 21.5. The predicted molar refractivity (Wildman–Crippen MR) is 105 cm³/mol. The first-order valence-electron chi connectivity index (χ1n) is 8.77. The van der Waals surface area contributed by atoms with Crippen molar-refractivity contribution in [2.24, 2.45) is 0 Å². The smallest absolute Gasteiger partial charge is 0.340 e. The number of aromatic nitrogens is 3. The molecule has 0 amide bonds. The van der Waals surface area contributed by atoms with E-state index in [1.165, 1.54) is 22.7 Å². The lowest BCUT2D eigenvalue weighted by Crippen LogP contribution is -2.09. The molecular weight excluding hydrogens is 399 g/mol. The fraction of sp³-hybridized carbons (Fsp3) is 0.100. The number of benzene rings is 1. The number of hydrogen-bond acceptors (Lipinski definition) is 5. The summed E-state index contributed by atoms with van der Waals surface area (Å²) in [5.74, 6) is 0.0436. The van der Waals surface area contributed by atoms with Gasteiger partial charge in [-0.2, -0.15) is 13.2 Å². The predicted octanol–water partition coefficient (Wildman–Crippen LogP) is 5.38. The highest BCUT2D eigenvalue weighted by atomic mass is 19.4. The molecule has 3 heterocycles. The van der Waals surface area contributed by atoms with Crippen LogP contribution in [0.4, 0.5) is 30.4 Å². The Morgan fingerprint density at radius 2 is 1.80 bits per heavy atom. The number of imidazole rings is 1. The lowest BCUT2D eigenvalue weighted by molar-refractivity contribution is -0.384. The molecule has 0 fully saturated rings. The Hall–Kier alpha value is -3.95. The van der Waals surface area contributed by atoms with Crippen LogP contribution in [0.5, 0.6) is 0 Å². The van der Waals surface area contributed by atoms with Gasteiger partial charge in [-0.25, -0.2) is 9.97 Å². The van der Waals surface area contributed by atoms with Crippen LogP contribution in [-0.4, -0.2) is 19.3 Å². The topological polar surface area (TPSA) is 85.4 Å². The first-order valence-corrected chi connectivity index (χ1v) is 8.77. The summed E-state index contributed by atoms with van der Waals surface area (Å²) in [4.78, 5) is 18.6. The number of hydrogen-bond donors (Lipinski definition) is 1. The Morgan fingerprint density at radius 3 is 2.47 bits per heavy atom. The van der Waals surface area contributed by atoms with E-state index in [4.69, 9.17) is 0 Å². The van der Waals surface area contributed by atoms with Gasteiger partial charge in [-0.15, -0.1) is 0 Å². The highest BCUT2D eigenvalue weighted by Crippen LogP contribution is 2.38. The van der Waals surface area contributed by atoms with Crippen molar-refractivity contribution >= 4 is 22.8 Å². The largest absolute Gasteiger partial charge is 0.435 e. The van der Waals surface area contributed by atoms with Gasteiger partial charge >= 0.3 is 6.18 Å². The number of nitrogens with one attached hydrogen (secondary N) is 1. The van der Waals surface area contributed by atoms with Crippen LogP contribution in [0.15, 0.2) is 60.8 Å². The fourth-order valence-corrected chi connectivity index (χ4v) is 3.03. The third-order valence-electron chi connectivity index (χ3n) is 4.39. The second-order valence-corrected chi connectivity index (χ2v) is 6.58. The lowest BCUT2D eigenvalue weighted by Gasteiger charge is -2.11. The number of alkyl halides is 3. The maximum atomic E-state index is 13.7. The molecule has 10 heteroatoms. The molecule has 0 bridgehead atoms. The van der Waals surface area contributed by atoms with Crippen LogP contribution < -0.4 is 5.32 Å². The van der Waals surface area contributed by atoms with E-state index in [-0.39, 0.29) is 22.9 Å². The molecule has 4 aromatic rings. The molecule has 1 aromatic carbocycles. The zero-order valence-electron chi connectivity index (χ0n) is 15.5. The van der Waals surface area contributed by atoms with Crippen molar-refractivity contribution in [1.29, 1.82) is 0 Å². The molecule has 0 aliphatic heterocycles. The van der Waals surface area contributed by atoms with Gasteiger partial charge < -0.3 is 5.32 Å². The summed E-state index contributed by atoms with van der Waals surface area (Å²) < 4.78 is 42.2. The fourth-order valence-electron chi connectivity index (χ4n) is 3.03. The van der Waals surface area contributed by atoms with Crippen molar-refractivity contribution in [3.8, 4) is 11.4 Å². The van der Waals surface area contributed by atoms with Crippen molar-refractivity contribution in [3.63, 3.8) is 0 Å². The molecule has 0 aliphatic rings. The summed E-state index contributed by atoms with van der Waals surface area (Å²) >= 11 is 0. The average molecular weight is 413 g/mol. The summed E-state index contributed by atoms with van der Waals surface area (Å²) in [6, 6.07) is 13.8. The van der Waals surface area contributed by atoms with Crippen molar-refractivity contribution in [2.75, 3.05) is 5.32 Å². The number of fused-ring (bicyclic) bond motifs is 1. The van der Waals surface area contributed by atoms with Gasteiger partial charge in [-0.05, 0) is 31.2 Å². The van der Waals surface area contributed by atoms with Crippen molar-refractivity contribution in [2.45, 2.75) is 13.1 Å². The molecule has 0 aliphatic carbocycles. The van der Waals surface area contributed by atoms with Crippen molar-refractivity contribution < 1.29 is 18.1 Å². The molecule has 0 atom stereocenters. The van der Waals surface area contributed by atoms with Gasteiger partial charge in [0.1, 0.15) is 17.2 Å². The first kappa shape index (κ1) is 19.4. The molecule has 1 N–H and O–H groups in total. The van der Waals surface area contributed by atoms with Crippen molar-refractivity contribution in [3.05, 3.63) is 82.2 Å². The molecule has 0 unspecified atom stereocenters. The second-order valence-electron chi connectivity index (χ2n) is 6.58. The molecule has 0 saturated carbocycles. The highest BCUT2D eigenvalue weighted by Gasteiger charge is 2.39. The molecule has 0 radical (unpaired) electrons. The van der Waals surface area contributed by atoms with Crippen LogP contribution >= 0.6 is 0 Å². The molecule has 152 valence electrons. The maximum Gasteiger partial charge on any atom is 0.435 e. The third kappa shape index (κ3) is 3.66. The normalized spacial score (nSPS) is 11.6. The Bertz CT molecular complexity index is 1250. The van der Waals surface area contributed by atoms with Crippen LogP contribution in [0, 0.1) is 17.0 Å². The van der Waals surface area contributed by atoms with Gasteiger partial charge in [0.05, 0.1) is 16.7 Å². The number of halogens is 3. The summed E-state index contributed by atoms with van der Waals surface area (Å²) in [5, 5.41) is 14.3. The Kier molecular flexibility index (Phi) is 4.61. The maximum absolute atomic E-state index is 13.7. The van der Waals surface area contributed by atoms with E-state index in [0.717, 1.165) is 11.6 Å². The van der Waals surface area contributed by atoms with Crippen LogP contribution in [0.1, 0.15) is 11.3 Å². The van der Waals surface area contributed by atoms with Crippen LogP contribution in [0.2, 0.25) is 0 Å². The van der Waals surface area contributed by atoms with E-state index >= 15 is 0 Å². The molecule has 7 nitrogen and oxygen atoms in total. The molecule has 0 spiro atoms. The molecular formula is C20H14F3N5O2. The van der Waals surface area contributed by atoms with Crippen molar-refractivity contribution in [1.82, 2.24) is 14.4 Å². The van der Waals surface area contributed by atoms with E-state index in [1.807, 2.05) is 19.1 Å². The van der Waals surface area contributed by atoms with Gasteiger partial charge in [-0.1, -0.05) is 23.8 Å². The Morgan fingerprint density at radius 1 is 1.07 bits per heavy atom. The standard InChI is InChI=1S/C20H14F3N5O2/c1-12-5-7-13(8-6-12)24-16-11-14(28(29)30)10-15(25-16)18-19(20(21,22)23)26-17-4-2-3-9-27(17)18/h2-11H,1H3,(H,24,25). The number of nitro groups is 1. The molecule has 4 rings (SSSR count). The highest BCUT2D eigenvalue weighted by molar-refractivity contribution is 5.70. The Balaban J connectivity index is 1.92. The summed E-state index contributed by atoms with van der Waals surface area (Å²) in [6.07, 6.45) is -3.36. The van der Waals surface area contributed by atoms with E-state index < -0.39 is 22.5 Å². The molecule has 3 aromatic heterocycles. The number of aryl methyl sites for hydroxylation is 1. The van der Waals surface area contributed by atoms with Gasteiger partial charge in [0.15, 0.2) is 5.69 Å². The summed E-state index contributed by atoms with van der Waals surface area (Å²) in [5.41, 5.74) is -0.487. The minimum absolute atomic E-state index is 0.0436. The van der Waals surface area contributed by atoms with Gasteiger partial charge in [0, 0.05) is 18.0 Å². The molecule has 30 heavy (non-hydrogen) atoms. The average Bonchev–Trinajstić information content (AvgIpc) is 3.10. The monoisotopic (exact) mass is 413 g/mol. The third-order valence-corrected chi connectivity index (χ3v) is 4.39. The number of anilines is 2. The number of pyridine rings is 2. The number of rotatable bonds is 4. The first-order chi connectivity index (χ1) is 14.2. The van der Waals surface area contributed by atoms with Crippen LogP contribution in [0.3, 0.4) is 0 Å². The van der Waals surface area contributed by atoms with E-state index in [1.54, 1.807) is 24.3 Å². The van der Waals surface area contributed by atoms with Crippen LogP contribution in [-0.2, 0) is 6.18 Å². The lowest BCUT2D eigenvalue weighted by atomic mass is 10.2. The summed E-state index contributed by atoms with van der Waals surface area (Å²) in [7, 11) is 0. The summed E-state index contributed by atoms with van der Waals surface area (Å²) in [6.45, 7) is 1.90. The van der Waals surface area contributed by atoms with Gasteiger partial charge in [0.25, 0.3) is 5.69 Å². The zero-order valence-corrected chi connectivity index (χ0v) is 15.5. The SMILES string of the molecule is Cc1ccc(Nc2cc([N+](=O)[O-])cc(-c3c(C(F)(F)F)nc4ccccn34)n2)cc1. The Labute approximate surface area is 168 Å². The van der Waals surface area contributed by atoms with Crippen LogP contribution in [0.25, 0.3) is 17.0 Å². The minimum atomic E-state index is -4.77. The number of nitrogens with zero attached hydrogens (tertiary/aromatic N) is 4. The van der Waals surface area contributed by atoms with Gasteiger partial charge in [-0.3, -0.25) is 14.5 Å². The van der Waals surface area contributed by atoms with E-state index in [9.17, 15) is 23.3 Å². The second kappa shape index (κ2) is 7.14. The quantitative estimate of drug-likeness (QED) is 0.359.